The molecule has 0 aromatic heterocycles. The number of ether oxygens (including phenoxy) is 2. The molecule has 2 aromatic carbocycles. The number of amides is 1. The Morgan fingerprint density at radius 2 is 1.96 bits per heavy atom. The molecule has 1 fully saturated rings. The van der Waals surface area contributed by atoms with Gasteiger partial charge in [0.2, 0.25) is 0 Å². The maximum atomic E-state index is 12.6. The molecule has 1 heterocycles. The van der Waals surface area contributed by atoms with Gasteiger partial charge in [-0.05, 0) is 24.3 Å². The Morgan fingerprint density at radius 3 is 2.73 bits per heavy atom. The van der Waals surface area contributed by atoms with Crippen LogP contribution in [0.4, 0.5) is 0 Å². The summed E-state index contributed by atoms with van der Waals surface area (Å²) in [5.41, 5.74) is -1.04. The van der Waals surface area contributed by atoms with Crippen molar-refractivity contribution in [2.75, 3.05) is 33.4 Å². The van der Waals surface area contributed by atoms with Crippen LogP contribution in [0, 0.1) is 5.41 Å². The molecule has 1 atom stereocenters. The third kappa shape index (κ3) is 3.65. The molecule has 1 saturated heterocycles. The lowest BCUT2D eigenvalue weighted by atomic mass is 9.80. The highest BCUT2D eigenvalue weighted by atomic mass is 16.5. The lowest BCUT2D eigenvalue weighted by Crippen LogP contribution is -2.53. The average Bonchev–Trinajstić information content (AvgIpc) is 2.66. The Balaban J connectivity index is 1.68. The fraction of sp³-hybridized carbons (Fsp3) is 0.400. The molecule has 138 valence electrons. The van der Waals surface area contributed by atoms with Crippen molar-refractivity contribution < 1.29 is 24.2 Å². The van der Waals surface area contributed by atoms with Gasteiger partial charge in [0, 0.05) is 25.6 Å². The lowest BCUT2D eigenvalue weighted by Gasteiger charge is -2.39. The summed E-state index contributed by atoms with van der Waals surface area (Å²) in [6.07, 6.45) is 1.14. The molecule has 0 aliphatic carbocycles. The van der Waals surface area contributed by atoms with E-state index in [0.717, 1.165) is 10.8 Å². The summed E-state index contributed by atoms with van der Waals surface area (Å²) in [4.78, 5) is 25.9. The molecule has 0 spiro atoms. The molecule has 1 amide bonds. The number of carbonyl (C=O) groups excluding carboxylic acids is 1. The first-order chi connectivity index (χ1) is 12.6. The number of aliphatic carboxylic acids is 1. The van der Waals surface area contributed by atoms with Crippen LogP contribution in [0.1, 0.15) is 12.8 Å². The summed E-state index contributed by atoms with van der Waals surface area (Å²) in [6.45, 7) is 0.664. The van der Waals surface area contributed by atoms with Gasteiger partial charge in [-0.15, -0.1) is 0 Å². The molecule has 3 rings (SSSR count). The molecular weight excluding hydrogens is 334 g/mol. The number of likely N-dealkylation sites (tertiary alicyclic amines) is 1. The molecule has 6 heteroatoms. The van der Waals surface area contributed by atoms with Gasteiger partial charge < -0.3 is 19.5 Å². The zero-order valence-corrected chi connectivity index (χ0v) is 14.8. The summed E-state index contributed by atoms with van der Waals surface area (Å²) in [5, 5.41) is 11.6. The van der Waals surface area contributed by atoms with Crippen molar-refractivity contribution in [1.29, 1.82) is 0 Å². The minimum Gasteiger partial charge on any atom is -0.483 e. The first kappa shape index (κ1) is 18.2. The molecule has 1 unspecified atom stereocenters. The lowest BCUT2D eigenvalue weighted by molar-refractivity contribution is -0.159. The average molecular weight is 357 g/mol. The van der Waals surface area contributed by atoms with Crippen molar-refractivity contribution in [3.63, 3.8) is 0 Å². The Kier molecular flexibility index (Phi) is 5.42. The van der Waals surface area contributed by atoms with E-state index >= 15 is 0 Å². The number of nitrogens with zero attached hydrogens (tertiary/aromatic N) is 1. The number of hydrogen-bond acceptors (Lipinski definition) is 4. The largest absolute Gasteiger partial charge is 0.483 e. The predicted molar refractivity (Wildman–Crippen MR) is 97.2 cm³/mol. The second-order valence-corrected chi connectivity index (χ2v) is 6.70. The van der Waals surface area contributed by atoms with Gasteiger partial charge in [-0.2, -0.15) is 0 Å². The quantitative estimate of drug-likeness (QED) is 0.860. The summed E-state index contributed by atoms with van der Waals surface area (Å²) < 4.78 is 10.9. The normalized spacial score (nSPS) is 20.1. The fourth-order valence-corrected chi connectivity index (χ4v) is 3.53. The summed E-state index contributed by atoms with van der Waals surface area (Å²) in [7, 11) is 1.48. The molecule has 1 N–H and O–H groups in total. The SMILES string of the molecule is COCC1(C(=O)O)CCCN(C(=O)COc2cccc3ccccc23)C1. The number of carbonyl (C=O) groups is 2. The van der Waals surface area contributed by atoms with Gasteiger partial charge in [0.15, 0.2) is 6.61 Å². The molecule has 0 saturated carbocycles. The number of piperidine rings is 1. The van der Waals surface area contributed by atoms with E-state index in [-0.39, 0.29) is 25.7 Å². The van der Waals surface area contributed by atoms with Crippen molar-refractivity contribution >= 4 is 22.6 Å². The van der Waals surface area contributed by atoms with Gasteiger partial charge in [-0.25, -0.2) is 0 Å². The van der Waals surface area contributed by atoms with Crippen LogP contribution in [-0.2, 0) is 14.3 Å². The number of carboxylic acid groups (broad SMARTS) is 1. The van der Waals surface area contributed by atoms with Crippen molar-refractivity contribution in [3.8, 4) is 5.75 Å². The maximum Gasteiger partial charge on any atom is 0.313 e. The molecule has 1 aliphatic rings. The highest BCUT2D eigenvalue weighted by Gasteiger charge is 2.43. The second-order valence-electron chi connectivity index (χ2n) is 6.70. The smallest absolute Gasteiger partial charge is 0.313 e. The molecule has 2 aromatic rings. The fourth-order valence-electron chi connectivity index (χ4n) is 3.53. The predicted octanol–water partition coefficient (Wildman–Crippen LogP) is 2.56. The third-order valence-electron chi connectivity index (χ3n) is 4.90. The molecular formula is C20H23NO5. The van der Waals surface area contributed by atoms with E-state index in [0.29, 0.717) is 25.1 Å². The minimum atomic E-state index is -1.04. The van der Waals surface area contributed by atoms with Gasteiger partial charge >= 0.3 is 5.97 Å². The zero-order chi connectivity index (χ0) is 18.6. The van der Waals surface area contributed by atoms with E-state index < -0.39 is 11.4 Å². The van der Waals surface area contributed by atoms with Crippen LogP contribution >= 0.6 is 0 Å². The third-order valence-corrected chi connectivity index (χ3v) is 4.90. The van der Waals surface area contributed by atoms with Gasteiger partial charge in [-0.3, -0.25) is 9.59 Å². The zero-order valence-electron chi connectivity index (χ0n) is 14.8. The molecule has 0 radical (unpaired) electrons. The molecule has 6 nitrogen and oxygen atoms in total. The Morgan fingerprint density at radius 1 is 1.19 bits per heavy atom. The number of methoxy groups -OCH3 is 1. The highest BCUT2D eigenvalue weighted by molar-refractivity contribution is 5.88. The number of benzene rings is 2. The molecule has 0 bridgehead atoms. The molecule has 26 heavy (non-hydrogen) atoms. The van der Waals surface area contributed by atoms with Gasteiger partial charge in [-0.1, -0.05) is 36.4 Å². The van der Waals surface area contributed by atoms with Crippen molar-refractivity contribution in [2.24, 2.45) is 5.41 Å². The van der Waals surface area contributed by atoms with Crippen molar-refractivity contribution in [2.45, 2.75) is 12.8 Å². The van der Waals surface area contributed by atoms with Gasteiger partial charge in [0.25, 0.3) is 5.91 Å². The van der Waals surface area contributed by atoms with Crippen LogP contribution in [0.2, 0.25) is 0 Å². The number of fused-ring (bicyclic) bond motifs is 1. The number of rotatable bonds is 6. The van der Waals surface area contributed by atoms with Crippen LogP contribution in [-0.4, -0.2) is 55.3 Å². The Bertz CT molecular complexity index is 796. The minimum absolute atomic E-state index is 0.0935. The van der Waals surface area contributed by atoms with Crippen LogP contribution in [0.5, 0.6) is 5.75 Å². The summed E-state index contributed by atoms with van der Waals surface area (Å²) in [6, 6.07) is 13.5. The Hall–Kier alpha value is -2.60. The first-order valence-corrected chi connectivity index (χ1v) is 8.66. The highest BCUT2D eigenvalue weighted by Crippen LogP contribution is 2.31. The summed E-state index contributed by atoms with van der Waals surface area (Å²) >= 11 is 0. The van der Waals surface area contributed by atoms with Crippen LogP contribution in [0.3, 0.4) is 0 Å². The van der Waals surface area contributed by atoms with E-state index in [4.69, 9.17) is 9.47 Å². The monoisotopic (exact) mass is 357 g/mol. The van der Waals surface area contributed by atoms with Gasteiger partial charge in [0.05, 0.1) is 6.61 Å². The first-order valence-electron chi connectivity index (χ1n) is 8.66. The van der Waals surface area contributed by atoms with Crippen LogP contribution < -0.4 is 4.74 Å². The van der Waals surface area contributed by atoms with Crippen molar-refractivity contribution in [1.82, 2.24) is 4.90 Å². The molecule has 1 aliphatic heterocycles. The van der Waals surface area contributed by atoms with Crippen molar-refractivity contribution in [3.05, 3.63) is 42.5 Å². The summed E-state index contributed by atoms with van der Waals surface area (Å²) in [5.74, 6) is -0.485. The maximum absolute atomic E-state index is 12.6. The van der Waals surface area contributed by atoms with Crippen LogP contribution in [0.15, 0.2) is 42.5 Å². The van der Waals surface area contributed by atoms with E-state index in [1.807, 2.05) is 42.5 Å². The van der Waals surface area contributed by atoms with E-state index in [9.17, 15) is 14.7 Å². The number of hydrogen-bond donors (Lipinski definition) is 1. The standard InChI is InChI=1S/C20H23NO5/c1-25-14-20(19(23)24)10-5-11-21(13-20)18(22)12-26-17-9-4-7-15-6-2-3-8-16(15)17/h2-4,6-9H,5,10-14H2,1H3,(H,23,24). The second kappa shape index (κ2) is 7.74. The van der Waals surface area contributed by atoms with Crippen LogP contribution in [0.25, 0.3) is 10.8 Å². The Labute approximate surface area is 152 Å². The van der Waals surface area contributed by atoms with Gasteiger partial charge in [0.1, 0.15) is 11.2 Å². The van der Waals surface area contributed by atoms with E-state index in [1.165, 1.54) is 7.11 Å². The van der Waals surface area contributed by atoms with E-state index in [1.54, 1.807) is 4.90 Å². The topological polar surface area (TPSA) is 76.1 Å². The number of carboxylic acids is 1. The van der Waals surface area contributed by atoms with E-state index in [2.05, 4.69) is 0 Å².